The molecule has 0 aliphatic heterocycles. The average Bonchev–Trinajstić information content (AvgIpc) is 2.02. The van der Waals surface area contributed by atoms with Crippen LogP contribution in [0.25, 0.3) is 0 Å². The third kappa shape index (κ3) is 1.29. The van der Waals surface area contributed by atoms with Gasteiger partial charge < -0.3 is 4.74 Å². The largest absolute Gasteiger partial charge is 0.493 e. The molecule has 0 saturated heterocycles. The SMILES string of the molecule is COc1c(C)c(C)cc(C)c1F. The van der Waals surface area contributed by atoms with Crippen LogP contribution in [0, 0.1) is 26.6 Å². The van der Waals surface area contributed by atoms with Gasteiger partial charge in [-0.25, -0.2) is 4.39 Å². The van der Waals surface area contributed by atoms with E-state index in [9.17, 15) is 4.39 Å². The Hall–Kier alpha value is -1.05. The van der Waals surface area contributed by atoms with E-state index in [2.05, 4.69) is 0 Å². The molecule has 0 N–H and O–H groups in total. The number of hydrogen-bond acceptors (Lipinski definition) is 1. The maximum absolute atomic E-state index is 13.3. The lowest BCUT2D eigenvalue weighted by atomic mass is 10.1. The van der Waals surface area contributed by atoms with Crippen LogP contribution in [-0.4, -0.2) is 7.11 Å². The predicted molar refractivity (Wildman–Crippen MR) is 47.2 cm³/mol. The summed E-state index contributed by atoms with van der Waals surface area (Å²) in [7, 11) is 1.49. The van der Waals surface area contributed by atoms with Crippen LogP contribution in [0.4, 0.5) is 4.39 Å². The molecule has 12 heavy (non-hydrogen) atoms. The van der Waals surface area contributed by atoms with Gasteiger partial charge in [0.1, 0.15) is 0 Å². The molecule has 0 amide bonds. The van der Waals surface area contributed by atoms with E-state index in [1.165, 1.54) is 7.11 Å². The highest BCUT2D eigenvalue weighted by atomic mass is 19.1. The number of halogens is 1. The molecule has 1 aromatic carbocycles. The maximum Gasteiger partial charge on any atom is 0.168 e. The minimum Gasteiger partial charge on any atom is -0.493 e. The zero-order valence-corrected chi connectivity index (χ0v) is 7.86. The molecule has 0 heterocycles. The second-order valence-corrected chi connectivity index (χ2v) is 2.98. The second kappa shape index (κ2) is 3.13. The van der Waals surface area contributed by atoms with Crippen molar-refractivity contribution in [3.8, 4) is 5.75 Å². The Morgan fingerprint density at radius 1 is 1.17 bits per heavy atom. The molecule has 0 spiro atoms. The smallest absolute Gasteiger partial charge is 0.168 e. The molecule has 0 radical (unpaired) electrons. The van der Waals surface area contributed by atoms with Crippen LogP contribution in [0.5, 0.6) is 5.75 Å². The van der Waals surface area contributed by atoms with Crippen LogP contribution in [0.3, 0.4) is 0 Å². The van der Waals surface area contributed by atoms with Gasteiger partial charge >= 0.3 is 0 Å². The fourth-order valence-corrected chi connectivity index (χ4v) is 1.26. The molecule has 2 heteroatoms. The highest BCUT2D eigenvalue weighted by molar-refractivity contribution is 5.43. The van der Waals surface area contributed by atoms with Crippen molar-refractivity contribution in [2.24, 2.45) is 0 Å². The van der Waals surface area contributed by atoms with Gasteiger partial charge in [-0.1, -0.05) is 6.07 Å². The molecular formula is C10H13FO. The van der Waals surface area contributed by atoms with Crippen molar-refractivity contribution < 1.29 is 9.13 Å². The van der Waals surface area contributed by atoms with Gasteiger partial charge in [0.05, 0.1) is 7.11 Å². The Kier molecular flexibility index (Phi) is 2.36. The van der Waals surface area contributed by atoms with Gasteiger partial charge in [0, 0.05) is 0 Å². The molecule has 0 aliphatic carbocycles. The van der Waals surface area contributed by atoms with Crippen LogP contribution in [0.2, 0.25) is 0 Å². The van der Waals surface area contributed by atoms with E-state index in [1.54, 1.807) is 6.92 Å². The minimum absolute atomic E-state index is 0.249. The first-order chi connectivity index (χ1) is 5.57. The Balaban J connectivity index is 3.42. The van der Waals surface area contributed by atoms with E-state index in [0.717, 1.165) is 11.1 Å². The van der Waals surface area contributed by atoms with Crippen molar-refractivity contribution in [3.63, 3.8) is 0 Å². The summed E-state index contributed by atoms with van der Waals surface area (Å²) in [5.74, 6) is 0.119. The molecule has 0 aromatic heterocycles. The number of methoxy groups -OCH3 is 1. The Morgan fingerprint density at radius 2 is 1.75 bits per heavy atom. The standard InChI is InChI=1S/C10H13FO/c1-6-5-7(2)9(11)10(12-4)8(6)3/h5H,1-4H3. The number of rotatable bonds is 1. The van der Waals surface area contributed by atoms with Crippen molar-refractivity contribution >= 4 is 0 Å². The van der Waals surface area contributed by atoms with Gasteiger partial charge in [-0.05, 0) is 37.5 Å². The molecule has 1 aromatic rings. The zero-order chi connectivity index (χ0) is 9.30. The van der Waals surface area contributed by atoms with Crippen LogP contribution >= 0.6 is 0 Å². The summed E-state index contributed by atoms with van der Waals surface area (Å²) in [5, 5.41) is 0. The number of aryl methyl sites for hydroxylation is 2. The number of hydrogen-bond donors (Lipinski definition) is 0. The quantitative estimate of drug-likeness (QED) is 0.626. The molecular weight excluding hydrogens is 155 g/mol. The lowest BCUT2D eigenvalue weighted by molar-refractivity contribution is 0.381. The summed E-state index contributed by atoms with van der Waals surface area (Å²) in [5.41, 5.74) is 2.57. The monoisotopic (exact) mass is 168 g/mol. The normalized spacial score (nSPS) is 10.1. The van der Waals surface area contributed by atoms with E-state index >= 15 is 0 Å². The number of ether oxygens (including phenoxy) is 1. The van der Waals surface area contributed by atoms with Gasteiger partial charge in [-0.3, -0.25) is 0 Å². The molecule has 1 nitrogen and oxygen atoms in total. The first kappa shape index (κ1) is 9.04. The predicted octanol–water partition coefficient (Wildman–Crippen LogP) is 2.76. The fraction of sp³-hybridized carbons (Fsp3) is 0.400. The summed E-state index contributed by atoms with van der Waals surface area (Å²) in [4.78, 5) is 0. The van der Waals surface area contributed by atoms with Crippen LogP contribution in [0.1, 0.15) is 16.7 Å². The van der Waals surface area contributed by atoms with E-state index in [0.29, 0.717) is 11.3 Å². The Labute approximate surface area is 72.2 Å². The molecule has 0 unspecified atom stereocenters. The summed E-state index contributed by atoms with van der Waals surface area (Å²) < 4.78 is 18.3. The summed E-state index contributed by atoms with van der Waals surface area (Å²) in [6, 6.07) is 1.83. The average molecular weight is 168 g/mol. The lowest BCUT2D eigenvalue weighted by Gasteiger charge is -2.10. The molecule has 0 atom stereocenters. The second-order valence-electron chi connectivity index (χ2n) is 2.98. The summed E-state index contributed by atoms with van der Waals surface area (Å²) in [6.07, 6.45) is 0. The first-order valence-corrected chi connectivity index (χ1v) is 3.88. The highest BCUT2D eigenvalue weighted by Gasteiger charge is 2.10. The third-order valence-electron chi connectivity index (χ3n) is 2.11. The van der Waals surface area contributed by atoms with Crippen molar-refractivity contribution in [1.29, 1.82) is 0 Å². The van der Waals surface area contributed by atoms with Crippen molar-refractivity contribution in [1.82, 2.24) is 0 Å². The van der Waals surface area contributed by atoms with E-state index < -0.39 is 0 Å². The summed E-state index contributed by atoms with van der Waals surface area (Å²) >= 11 is 0. The van der Waals surface area contributed by atoms with E-state index in [1.807, 2.05) is 19.9 Å². The molecule has 1 rings (SSSR count). The Bertz CT molecular complexity index is 279. The molecule has 0 fully saturated rings. The van der Waals surface area contributed by atoms with E-state index in [4.69, 9.17) is 4.74 Å². The van der Waals surface area contributed by atoms with Crippen molar-refractivity contribution in [2.45, 2.75) is 20.8 Å². The van der Waals surface area contributed by atoms with Crippen LogP contribution in [-0.2, 0) is 0 Å². The maximum atomic E-state index is 13.3. The fourth-order valence-electron chi connectivity index (χ4n) is 1.26. The van der Waals surface area contributed by atoms with Gasteiger partial charge in [0.15, 0.2) is 11.6 Å². The topological polar surface area (TPSA) is 9.23 Å². The molecule has 0 aliphatic rings. The molecule has 0 bridgehead atoms. The van der Waals surface area contributed by atoms with Gasteiger partial charge in [-0.2, -0.15) is 0 Å². The summed E-state index contributed by atoms with van der Waals surface area (Å²) in [6.45, 7) is 5.55. The minimum atomic E-state index is -0.249. The van der Waals surface area contributed by atoms with Gasteiger partial charge in [0.2, 0.25) is 0 Å². The van der Waals surface area contributed by atoms with Crippen LogP contribution < -0.4 is 4.74 Å². The van der Waals surface area contributed by atoms with Gasteiger partial charge in [0.25, 0.3) is 0 Å². The lowest BCUT2D eigenvalue weighted by Crippen LogP contribution is -1.96. The van der Waals surface area contributed by atoms with Crippen molar-refractivity contribution in [2.75, 3.05) is 7.11 Å². The zero-order valence-electron chi connectivity index (χ0n) is 7.86. The number of benzene rings is 1. The van der Waals surface area contributed by atoms with Crippen LogP contribution in [0.15, 0.2) is 6.07 Å². The molecule has 66 valence electrons. The van der Waals surface area contributed by atoms with Gasteiger partial charge in [-0.15, -0.1) is 0 Å². The van der Waals surface area contributed by atoms with Crippen molar-refractivity contribution in [3.05, 3.63) is 28.6 Å². The highest BCUT2D eigenvalue weighted by Crippen LogP contribution is 2.27. The van der Waals surface area contributed by atoms with E-state index in [-0.39, 0.29) is 5.82 Å². The first-order valence-electron chi connectivity index (χ1n) is 3.88. The molecule has 0 saturated carbocycles. The third-order valence-corrected chi connectivity index (χ3v) is 2.11. The Morgan fingerprint density at radius 3 is 2.25 bits per heavy atom.